The molecule has 2 atom stereocenters. The Morgan fingerprint density at radius 2 is 1.38 bits per heavy atom. The van der Waals surface area contributed by atoms with Crippen molar-refractivity contribution in [1.82, 2.24) is 0 Å². The summed E-state index contributed by atoms with van der Waals surface area (Å²) in [5.41, 5.74) is 12.8. The molecule has 1 saturated carbocycles. The van der Waals surface area contributed by atoms with Gasteiger partial charge in [0.1, 0.15) is 11.4 Å². The van der Waals surface area contributed by atoms with E-state index in [1.54, 1.807) is 0 Å². The molecule has 1 fully saturated rings. The van der Waals surface area contributed by atoms with E-state index in [0.29, 0.717) is 0 Å². The minimum atomic E-state index is -0.190. The van der Waals surface area contributed by atoms with Crippen LogP contribution in [0, 0.1) is 6.92 Å². The number of aryl methyl sites for hydroxylation is 1. The molecule has 3 aliphatic heterocycles. The largest absolute Gasteiger partial charge is 0.486 e. The first-order valence-corrected chi connectivity index (χ1v) is 17.0. The van der Waals surface area contributed by atoms with Gasteiger partial charge >= 0.3 is 0 Å². The Morgan fingerprint density at radius 3 is 2.09 bits per heavy atom. The quantitative estimate of drug-likeness (QED) is 0.184. The van der Waals surface area contributed by atoms with Crippen LogP contribution >= 0.6 is 11.3 Å². The molecule has 2 unspecified atom stereocenters. The predicted octanol–water partition coefficient (Wildman–Crippen LogP) is 8.89. The average Bonchev–Trinajstić information content (AvgIpc) is 3.65. The van der Waals surface area contributed by atoms with Crippen LogP contribution in [-0.4, -0.2) is 12.3 Å². The SMILES string of the molecule is Cc1cc2c3c(c1)N(c1ccccc1)c1c(sc4ccccc14)B3c1ccc3c(c1N2c1ccccc1)C1(C)CCCC1(C)O3. The minimum Gasteiger partial charge on any atom is -0.486 e. The van der Waals surface area contributed by atoms with Crippen LogP contribution in [-0.2, 0) is 5.41 Å². The van der Waals surface area contributed by atoms with Gasteiger partial charge in [0.2, 0.25) is 0 Å². The van der Waals surface area contributed by atoms with Crippen molar-refractivity contribution < 1.29 is 4.74 Å². The van der Waals surface area contributed by atoms with Gasteiger partial charge in [0.25, 0.3) is 6.71 Å². The molecule has 4 aliphatic rings. The van der Waals surface area contributed by atoms with Gasteiger partial charge in [-0.15, -0.1) is 11.3 Å². The van der Waals surface area contributed by atoms with E-state index in [0.717, 1.165) is 18.6 Å². The van der Waals surface area contributed by atoms with E-state index in [1.807, 2.05) is 11.3 Å². The highest BCUT2D eigenvalue weighted by molar-refractivity contribution is 7.33. The van der Waals surface area contributed by atoms with Crippen LogP contribution in [0.15, 0.2) is 109 Å². The van der Waals surface area contributed by atoms with Crippen molar-refractivity contribution in [2.75, 3.05) is 9.80 Å². The summed E-state index contributed by atoms with van der Waals surface area (Å²) >= 11 is 1.96. The highest BCUT2D eigenvalue weighted by Crippen LogP contribution is 2.62. The molecule has 0 N–H and O–H groups in total. The number of hydrogen-bond donors (Lipinski definition) is 0. The van der Waals surface area contributed by atoms with Crippen LogP contribution < -0.4 is 30.2 Å². The maximum Gasteiger partial charge on any atom is 0.264 e. The molecule has 0 spiro atoms. The zero-order valence-electron chi connectivity index (χ0n) is 25.8. The summed E-state index contributed by atoms with van der Waals surface area (Å²) in [6.45, 7) is 7.19. The fraction of sp³-hybridized carbons (Fsp3) is 0.200. The highest BCUT2D eigenvalue weighted by Gasteiger charge is 2.60. The van der Waals surface area contributed by atoms with Crippen molar-refractivity contribution >= 4 is 78.0 Å². The van der Waals surface area contributed by atoms with Gasteiger partial charge in [-0.1, -0.05) is 67.6 Å². The van der Waals surface area contributed by atoms with Gasteiger partial charge < -0.3 is 14.5 Å². The zero-order valence-corrected chi connectivity index (χ0v) is 26.6. The standard InChI is InChI=1S/C40H33BN2OS/c1-25-23-30-35-31(24-25)43(27-15-8-5-9-16-27)37-29(19-20-32-34(37)39(2)21-12-22-40(39,3)44-32)41(35)38-36(28-17-10-11-18-33(28)45-38)42(30)26-13-6-4-7-14-26/h4-11,13-20,23-24H,12,21-22H2,1-3H3. The zero-order chi connectivity index (χ0) is 30.1. The average molecular weight is 601 g/mol. The van der Waals surface area contributed by atoms with Crippen molar-refractivity contribution in [2.45, 2.75) is 51.0 Å². The summed E-state index contributed by atoms with van der Waals surface area (Å²) in [5.74, 6) is 1.06. The Kier molecular flexibility index (Phi) is 5.06. The van der Waals surface area contributed by atoms with Gasteiger partial charge in [0, 0.05) is 54.3 Å². The molecule has 1 aromatic heterocycles. The Labute approximate surface area is 268 Å². The van der Waals surface area contributed by atoms with Crippen molar-refractivity contribution in [2.24, 2.45) is 0 Å². The van der Waals surface area contributed by atoms with Gasteiger partial charge in [0.05, 0.1) is 5.69 Å². The Balaban J connectivity index is 1.37. The fourth-order valence-electron chi connectivity index (χ4n) is 9.06. The molecule has 6 aromatic rings. The molecular formula is C40H33BN2OS. The molecule has 0 saturated heterocycles. The first-order chi connectivity index (χ1) is 22.0. The van der Waals surface area contributed by atoms with E-state index in [2.05, 4.69) is 140 Å². The van der Waals surface area contributed by atoms with Crippen LogP contribution in [0.3, 0.4) is 0 Å². The molecular weight excluding hydrogens is 567 g/mol. The second-order valence-electron chi connectivity index (χ2n) is 13.7. The number of benzene rings is 5. The molecule has 5 aromatic carbocycles. The third kappa shape index (κ3) is 3.22. The molecule has 0 bridgehead atoms. The molecule has 3 nitrogen and oxygen atoms in total. The molecule has 1 aliphatic carbocycles. The summed E-state index contributed by atoms with van der Waals surface area (Å²) < 4.78 is 9.71. The van der Waals surface area contributed by atoms with Crippen molar-refractivity contribution in [3.63, 3.8) is 0 Å². The van der Waals surface area contributed by atoms with Crippen molar-refractivity contribution in [1.29, 1.82) is 0 Å². The van der Waals surface area contributed by atoms with Crippen LogP contribution in [0.25, 0.3) is 10.1 Å². The maximum atomic E-state index is 6.95. The number of nitrogens with zero attached hydrogens (tertiary/aromatic N) is 2. The lowest BCUT2D eigenvalue weighted by Gasteiger charge is -2.45. The van der Waals surface area contributed by atoms with Gasteiger partial charge in [0.15, 0.2) is 0 Å². The van der Waals surface area contributed by atoms with Crippen LogP contribution in [0.5, 0.6) is 5.75 Å². The lowest BCUT2D eigenvalue weighted by Crippen LogP contribution is -2.61. The number of ether oxygens (including phenoxy) is 1. The smallest absolute Gasteiger partial charge is 0.264 e. The number of rotatable bonds is 2. The molecule has 45 heavy (non-hydrogen) atoms. The third-order valence-electron chi connectivity index (χ3n) is 11.3. The fourth-order valence-corrected chi connectivity index (χ4v) is 10.4. The lowest BCUT2D eigenvalue weighted by atomic mass is 9.35. The summed E-state index contributed by atoms with van der Waals surface area (Å²) in [5, 5.41) is 1.32. The number of thiophene rings is 1. The lowest BCUT2D eigenvalue weighted by molar-refractivity contribution is 0.0677. The topological polar surface area (TPSA) is 15.7 Å². The van der Waals surface area contributed by atoms with Crippen LogP contribution in [0.2, 0.25) is 0 Å². The molecule has 0 amide bonds. The minimum absolute atomic E-state index is 0.0569. The van der Waals surface area contributed by atoms with Gasteiger partial charge in [-0.2, -0.15) is 0 Å². The van der Waals surface area contributed by atoms with Gasteiger partial charge in [-0.05, 0) is 98.1 Å². The van der Waals surface area contributed by atoms with E-state index < -0.39 is 0 Å². The molecule has 0 radical (unpaired) electrons. The molecule has 218 valence electrons. The number of hydrogen-bond acceptors (Lipinski definition) is 4. The van der Waals surface area contributed by atoms with Gasteiger partial charge in [-0.3, -0.25) is 0 Å². The summed E-state index contributed by atoms with van der Waals surface area (Å²) in [4.78, 5) is 5.12. The van der Waals surface area contributed by atoms with E-state index in [9.17, 15) is 0 Å². The van der Waals surface area contributed by atoms with Crippen LogP contribution in [0.1, 0.15) is 44.2 Å². The predicted molar refractivity (Wildman–Crippen MR) is 191 cm³/mol. The van der Waals surface area contributed by atoms with Crippen LogP contribution in [0.4, 0.5) is 34.1 Å². The van der Waals surface area contributed by atoms with E-state index in [-0.39, 0.29) is 17.7 Å². The number of para-hydroxylation sites is 2. The van der Waals surface area contributed by atoms with Crippen molar-refractivity contribution in [3.8, 4) is 5.75 Å². The third-order valence-corrected chi connectivity index (χ3v) is 12.5. The summed E-state index contributed by atoms with van der Waals surface area (Å²) in [7, 11) is 0. The summed E-state index contributed by atoms with van der Waals surface area (Å²) in [6, 6.07) is 40.4. The Hall–Kier alpha value is -4.48. The van der Waals surface area contributed by atoms with E-state index in [4.69, 9.17) is 4.74 Å². The van der Waals surface area contributed by atoms with Crippen molar-refractivity contribution in [3.05, 3.63) is 120 Å². The normalized spacial score (nSPS) is 22.1. The molecule has 10 rings (SSSR count). The molecule has 4 heterocycles. The van der Waals surface area contributed by atoms with E-state index in [1.165, 1.54) is 77.5 Å². The number of anilines is 6. The Morgan fingerprint density at radius 1 is 0.733 bits per heavy atom. The van der Waals surface area contributed by atoms with E-state index >= 15 is 0 Å². The summed E-state index contributed by atoms with van der Waals surface area (Å²) in [6.07, 6.45) is 3.42. The second kappa shape index (κ2) is 8.83. The van der Waals surface area contributed by atoms with Gasteiger partial charge in [-0.25, -0.2) is 0 Å². The first kappa shape index (κ1) is 25.8. The highest BCUT2D eigenvalue weighted by atomic mass is 32.1. The Bertz CT molecular complexity index is 2190. The maximum absolute atomic E-state index is 6.95. The number of fused-ring (bicyclic) bond motifs is 10. The monoisotopic (exact) mass is 600 g/mol. The molecule has 5 heteroatoms. The first-order valence-electron chi connectivity index (χ1n) is 16.2. The second-order valence-corrected chi connectivity index (χ2v) is 14.8.